The molecule has 0 aliphatic carbocycles. The monoisotopic (exact) mass is 320 g/mol. The van der Waals surface area contributed by atoms with Crippen molar-refractivity contribution in [1.29, 1.82) is 0 Å². The summed E-state index contributed by atoms with van der Waals surface area (Å²) in [5, 5.41) is 6.03. The molecule has 2 aromatic rings. The van der Waals surface area contributed by atoms with E-state index in [9.17, 15) is 4.79 Å². The molecule has 0 spiro atoms. The molecule has 0 atom stereocenters. The molecular formula is C15H20N4O2S. The van der Waals surface area contributed by atoms with E-state index < -0.39 is 0 Å². The minimum absolute atomic E-state index is 0.149. The van der Waals surface area contributed by atoms with E-state index in [1.54, 1.807) is 16.2 Å². The number of nitrogens with zero attached hydrogens (tertiary/aromatic N) is 4. The van der Waals surface area contributed by atoms with E-state index in [1.807, 2.05) is 31.6 Å². The molecule has 7 heteroatoms. The molecule has 0 unspecified atom stereocenters. The molecule has 1 amide bonds. The summed E-state index contributed by atoms with van der Waals surface area (Å²) in [6.07, 6.45) is 1.78. The minimum Gasteiger partial charge on any atom is -0.349 e. The Morgan fingerprint density at radius 1 is 1.45 bits per heavy atom. The second-order valence-electron chi connectivity index (χ2n) is 5.77. The van der Waals surface area contributed by atoms with Crippen molar-refractivity contribution in [2.45, 2.75) is 19.4 Å². The summed E-state index contributed by atoms with van der Waals surface area (Å²) >= 11 is 1.60. The van der Waals surface area contributed by atoms with Gasteiger partial charge in [-0.05, 0) is 37.4 Å². The van der Waals surface area contributed by atoms with Gasteiger partial charge >= 0.3 is 0 Å². The summed E-state index contributed by atoms with van der Waals surface area (Å²) in [5.74, 6) is 1.68. The Labute approximate surface area is 133 Å². The first-order valence-electron chi connectivity index (χ1n) is 7.43. The van der Waals surface area contributed by atoms with Crippen LogP contribution in [0.5, 0.6) is 0 Å². The lowest BCUT2D eigenvalue weighted by atomic mass is 9.95. The van der Waals surface area contributed by atoms with Gasteiger partial charge in [-0.15, -0.1) is 11.3 Å². The summed E-state index contributed by atoms with van der Waals surface area (Å²) in [5.41, 5.74) is 0. The van der Waals surface area contributed by atoms with E-state index in [-0.39, 0.29) is 11.8 Å². The highest BCUT2D eigenvalue weighted by Crippen LogP contribution is 2.23. The maximum absolute atomic E-state index is 12.0. The number of hydrogen-bond acceptors (Lipinski definition) is 6. The molecule has 1 aliphatic heterocycles. The van der Waals surface area contributed by atoms with Gasteiger partial charge in [0.2, 0.25) is 17.6 Å². The zero-order valence-electron chi connectivity index (χ0n) is 12.9. The first kappa shape index (κ1) is 15.2. The van der Waals surface area contributed by atoms with Crippen molar-refractivity contribution in [2.75, 3.05) is 27.2 Å². The third kappa shape index (κ3) is 3.36. The molecule has 0 radical (unpaired) electrons. The van der Waals surface area contributed by atoms with Crippen molar-refractivity contribution in [3.8, 4) is 10.7 Å². The van der Waals surface area contributed by atoms with Crippen molar-refractivity contribution in [3.63, 3.8) is 0 Å². The fraction of sp³-hybridized carbons (Fsp3) is 0.533. The van der Waals surface area contributed by atoms with Crippen LogP contribution in [0.15, 0.2) is 22.0 Å². The molecule has 2 aromatic heterocycles. The largest absolute Gasteiger partial charge is 0.349 e. The standard InChI is InChI=1S/C15H20N4O2S/c1-18(2)15(20)11-5-7-19(8-6-11)10-13-16-14(17-21-13)12-4-3-9-22-12/h3-4,9,11H,5-8,10H2,1-2H3. The molecule has 0 bridgehead atoms. The fourth-order valence-electron chi connectivity index (χ4n) is 2.72. The Morgan fingerprint density at radius 3 is 2.86 bits per heavy atom. The number of aromatic nitrogens is 2. The quantitative estimate of drug-likeness (QED) is 0.863. The zero-order valence-corrected chi connectivity index (χ0v) is 13.7. The van der Waals surface area contributed by atoms with Crippen molar-refractivity contribution >= 4 is 17.2 Å². The normalized spacial score (nSPS) is 16.8. The Bertz CT molecular complexity index is 615. The Morgan fingerprint density at radius 2 is 2.23 bits per heavy atom. The average molecular weight is 320 g/mol. The van der Waals surface area contributed by atoms with Crippen molar-refractivity contribution in [3.05, 3.63) is 23.4 Å². The van der Waals surface area contributed by atoms with Crippen molar-refractivity contribution in [1.82, 2.24) is 19.9 Å². The van der Waals surface area contributed by atoms with Gasteiger partial charge in [0, 0.05) is 20.0 Å². The van der Waals surface area contributed by atoms with E-state index in [1.165, 1.54) is 0 Å². The number of carbonyl (C=O) groups excluding carboxylic acids is 1. The second-order valence-corrected chi connectivity index (χ2v) is 6.72. The van der Waals surface area contributed by atoms with E-state index >= 15 is 0 Å². The molecule has 3 heterocycles. The van der Waals surface area contributed by atoms with Gasteiger partial charge in [-0.2, -0.15) is 4.98 Å². The maximum atomic E-state index is 12.0. The lowest BCUT2D eigenvalue weighted by molar-refractivity contribution is -0.134. The van der Waals surface area contributed by atoms with Crippen LogP contribution in [0.25, 0.3) is 10.7 Å². The van der Waals surface area contributed by atoms with Gasteiger partial charge in [0.1, 0.15) is 0 Å². The molecule has 22 heavy (non-hydrogen) atoms. The smallest absolute Gasteiger partial charge is 0.241 e. The highest BCUT2D eigenvalue weighted by molar-refractivity contribution is 7.13. The van der Waals surface area contributed by atoms with Crippen LogP contribution in [0.1, 0.15) is 18.7 Å². The number of thiophene rings is 1. The van der Waals surface area contributed by atoms with Crippen LogP contribution in [-0.2, 0) is 11.3 Å². The molecule has 0 aromatic carbocycles. The SMILES string of the molecule is CN(C)C(=O)C1CCN(Cc2nc(-c3cccs3)no2)CC1. The average Bonchev–Trinajstić information content (AvgIpc) is 3.18. The van der Waals surface area contributed by atoms with Gasteiger partial charge in [0.15, 0.2) is 0 Å². The van der Waals surface area contributed by atoms with Crippen molar-refractivity contribution < 1.29 is 9.32 Å². The van der Waals surface area contributed by atoms with E-state index in [4.69, 9.17) is 4.52 Å². The Hall–Kier alpha value is -1.73. The summed E-state index contributed by atoms with van der Waals surface area (Å²) in [6.45, 7) is 2.43. The Balaban J connectivity index is 1.54. The predicted molar refractivity (Wildman–Crippen MR) is 84.3 cm³/mol. The summed E-state index contributed by atoms with van der Waals surface area (Å²) in [7, 11) is 3.64. The molecule has 6 nitrogen and oxygen atoms in total. The molecule has 0 saturated carbocycles. The van der Waals surface area contributed by atoms with E-state index in [2.05, 4.69) is 15.0 Å². The number of carbonyl (C=O) groups is 1. The third-order valence-corrected chi connectivity index (χ3v) is 4.81. The van der Waals surface area contributed by atoms with Crippen LogP contribution in [0.2, 0.25) is 0 Å². The lowest BCUT2D eigenvalue weighted by Gasteiger charge is -2.31. The zero-order chi connectivity index (χ0) is 15.5. The number of likely N-dealkylation sites (tertiary alicyclic amines) is 1. The number of amides is 1. The number of rotatable bonds is 4. The summed E-state index contributed by atoms with van der Waals surface area (Å²) in [4.78, 5) is 21.4. The minimum atomic E-state index is 0.149. The van der Waals surface area contributed by atoms with Gasteiger partial charge in [0.05, 0.1) is 11.4 Å². The lowest BCUT2D eigenvalue weighted by Crippen LogP contribution is -2.39. The molecule has 0 N–H and O–H groups in total. The molecule has 1 aliphatic rings. The highest BCUT2D eigenvalue weighted by Gasteiger charge is 2.26. The summed E-state index contributed by atoms with van der Waals surface area (Å²) in [6, 6.07) is 3.96. The van der Waals surface area contributed by atoms with E-state index in [0.29, 0.717) is 18.3 Å². The van der Waals surface area contributed by atoms with Gasteiger partial charge in [-0.25, -0.2) is 0 Å². The van der Waals surface area contributed by atoms with Gasteiger partial charge in [-0.1, -0.05) is 11.2 Å². The maximum Gasteiger partial charge on any atom is 0.241 e. The van der Waals surface area contributed by atoms with Crippen molar-refractivity contribution in [2.24, 2.45) is 5.92 Å². The fourth-order valence-corrected chi connectivity index (χ4v) is 3.37. The van der Waals surface area contributed by atoms with Crippen LogP contribution < -0.4 is 0 Å². The molecule has 1 fully saturated rings. The number of piperidine rings is 1. The highest BCUT2D eigenvalue weighted by atomic mass is 32.1. The van der Waals surface area contributed by atoms with Crippen LogP contribution >= 0.6 is 11.3 Å². The second kappa shape index (κ2) is 6.58. The van der Waals surface area contributed by atoms with Gasteiger partial charge in [0.25, 0.3) is 0 Å². The topological polar surface area (TPSA) is 62.5 Å². The third-order valence-electron chi connectivity index (χ3n) is 3.95. The van der Waals surface area contributed by atoms with E-state index in [0.717, 1.165) is 30.8 Å². The molecule has 1 saturated heterocycles. The van der Waals surface area contributed by atoms with Crippen LogP contribution in [0.3, 0.4) is 0 Å². The van der Waals surface area contributed by atoms with Crippen LogP contribution in [-0.4, -0.2) is 53.0 Å². The molecular weight excluding hydrogens is 300 g/mol. The molecule has 118 valence electrons. The predicted octanol–water partition coefficient (Wildman–Crippen LogP) is 2.10. The first-order valence-corrected chi connectivity index (χ1v) is 8.31. The van der Waals surface area contributed by atoms with Crippen LogP contribution in [0.4, 0.5) is 0 Å². The van der Waals surface area contributed by atoms with Crippen LogP contribution in [0, 0.1) is 5.92 Å². The first-order chi connectivity index (χ1) is 10.6. The van der Waals surface area contributed by atoms with Gasteiger partial charge in [-0.3, -0.25) is 9.69 Å². The molecule has 3 rings (SSSR count). The summed E-state index contributed by atoms with van der Waals surface area (Å²) < 4.78 is 5.33. The number of hydrogen-bond donors (Lipinski definition) is 0. The van der Waals surface area contributed by atoms with Gasteiger partial charge < -0.3 is 9.42 Å². The Kier molecular flexibility index (Phi) is 4.54.